The molecule has 1 aliphatic carbocycles. The summed E-state index contributed by atoms with van der Waals surface area (Å²) in [7, 11) is 0. The topological polar surface area (TPSA) is 23.9 Å². The van der Waals surface area contributed by atoms with E-state index >= 15 is 0 Å². The van der Waals surface area contributed by atoms with Gasteiger partial charge in [-0.15, -0.1) is 0 Å². The van der Waals surface area contributed by atoms with Gasteiger partial charge >= 0.3 is 0 Å². The molecule has 1 N–H and O–H groups in total. The third-order valence-electron chi connectivity index (χ3n) is 2.88. The van der Waals surface area contributed by atoms with Crippen molar-refractivity contribution in [2.75, 3.05) is 0 Å². The lowest BCUT2D eigenvalue weighted by molar-refractivity contribution is 0.212. The van der Waals surface area contributed by atoms with Gasteiger partial charge in [-0.1, -0.05) is 20.8 Å². The van der Waals surface area contributed by atoms with E-state index in [1.54, 1.807) is 0 Å². The molecule has 1 rings (SSSR count). The highest BCUT2D eigenvalue weighted by Gasteiger charge is 2.30. The first-order valence-electron chi connectivity index (χ1n) is 4.08. The quantitative estimate of drug-likeness (QED) is 0.533. The van der Waals surface area contributed by atoms with Crippen molar-refractivity contribution in [1.29, 1.82) is 5.41 Å². The maximum Gasteiger partial charge on any atom is 0.00946 e. The van der Waals surface area contributed by atoms with E-state index in [2.05, 4.69) is 20.8 Å². The lowest BCUT2D eigenvalue weighted by Gasteiger charge is -2.36. The Morgan fingerprint density at radius 1 is 1.50 bits per heavy atom. The van der Waals surface area contributed by atoms with Gasteiger partial charge in [0.1, 0.15) is 0 Å². The van der Waals surface area contributed by atoms with E-state index in [1.165, 1.54) is 6.42 Å². The molecule has 0 saturated heterocycles. The molecule has 1 atom stereocenters. The SMILES string of the molecule is CC1CCC(=N)CC1(C)C. The van der Waals surface area contributed by atoms with E-state index < -0.39 is 0 Å². The fourth-order valence-corrected chi connectivity index (χ4v) is 1.59. The van der Waals surface area contributed by atoms with Gasteiger partial charge < -0.3 is 5.41 Å². The van der Waals surface area contributed by atoms with E-state index in [9.17, 15) is 0 Å². The van der Waals surface area contributed by atoms with Crippen molar-refractivity contribution in [1.82, 2.24) is 0 Å². The van der Waals surface area contributed by atoms with Crippen molar-refractivity contribution in [3.8, 4) is 0 Å². The first kappa shape index (κ1) is 7.77. The van der Waals surface area contributed by atoms with Crippen LogP contribution in [0.25, 0.3) is 0 Å². The van der Waals surface area contributed by atoms with Crippen LogP contribution in [0, 0.1) is 16.7 Å². The Hall–Kier alpha value is -0.330. The number of hydrogen-bond acceptors (Lipinski definition) is 1. The molecule has 0 aliphatic heterocycles. The molecule has 0 heterocycles. The van der Waals surface area contributed by atoms with Gasteiger partial charge in [0.25, 0.3) is 0 Å². The van der Waals surface area contributed by atoms with Crippen molar-refractivity contribution in [2.24, 2.45) is 11.3 Å². The molecule has 10 heavy (non-hydrogen) atoms. The minimum absolute atomic E-state index is 0.384. The number of hydrogen-bond donors (Lipinski definition) is 1. The van der Waals surface area contributed by atoms with E-state index in [0.717, 1.165) is 24.5 Å². The Balaban J connectivity index is 2.63. The van der Waals surface area contributed by atoms with E-state index in [1.807, 2.05) is 0 Å². The molecule has 0 amide bonds. The lowest BCUT2D eigenvalue weighted by Crippen LogP contribution is -2.30. The molecule has 0 spiro atoms. The van der Waals surface area contributed by atoms with Crippen LogP contribution < -0.4 is 0 Å². The second-order valence-electron chi connectivity index (χ2n) is 4.21. The van der Waals surface area contributed by atoms with Gasteiger partial charge in [-0.05, 0) is 30.6 Å². The zero-order valence-corrected chi connectivity index (χ0v) is 7.20. The van der Waals surface area contributed by atoms with Gasteiger partial charge in [0, 0.05) is 5.71 Å². The van der Waals surface area contributed by atoms with Crippen LogP contribution >= 0.6 is 0 Å². The highest BCUT2D eigenvalue weighted by atomic mass is 14.5. The summed E-state index contributed by atoms with van der Waals surface area (Å²) in [6.45, 7) is 6.84. The van der Waals surface area contributed by atoms with Gasteiger partial charge in [0.15, 0.2) is 0 Å². The van der Waals surface area contributed by atoms with Crippen LogP contribution in [0.15, 0.2) is 0 Å². The molecule has 0 aromatic rings. The zero-order chi connectivity index (χ0) is 7.78. The third-order valence-corrected chi connectivity index (χ3v) is 2.88. The van der Waals surface area contributed by atoms with Crippen molar-refractivity contribution < 1.29 is 0 Å². The normalized spacial score (nSPS) is 32.3. The van der Waals surface area contributed by atoms with Crippen molar-refractivity contribution >= 4 is 5.71 Å². The Morgan fingerprint density at radius 3 is 2.50 bits per heavy atom. The highest BCUT2D eigenvalue weighted by molar-refractivity contribution is 5.82. The second kappa shape index (κ2) is 2.37. The van der Waals surface area contributed by atoms with Crippen molar-refractivity contribution in [3.05, 3.63) is 0 Å². The average molecular weight is 139 g/mol. The molecule has 1 fully saturated rings. The summed E-state index contributed by atoms with van der Waals surface area (Å²) in [5.74, 6) is 0.793. The molecule has 0 aromatic heterocycles. The fourth-order valence-electron chi connectivity index (χ4n) is 1.59. The number of rotatable bonds is 0. The van der Waals surface area contributed by atoms with Gasteiger partial charge in [0.05, 0.1) is 0 Å². The summed E-state index contributed by atoms with van der Waals surface area (Å²) in [4.78, 5) is 0. The number of nitrogens with one attached hydrogen (secondary N) is 1. The monoisotopic (exact) mass is 139 g/mol. The van der Waals surface area contributed by atoms with E-state index in [0.29, 0.717) is 5.41 Å². The van der Waals surface area contributed by atoms with Crippen molar-refractivity contribution in [3.63, 3.8) is 0 Å². The lowest BCUT2D eigenvalue weighted by atomic mass is 9.69. The summed E-state index contributed by atoms with van der Waals surface area (Å²) in [5, 5.41) is 7.53. The second-order valence-corrected chi connectivity index (χ2v) is 4.21. The Kier molecular flexibility index (Phi) is 1.84. The summed E-state index contributed by atoms with van der Waals surface area (Å²) in [5.41, 5.74) is 1.33. The first-order chi connectivity index (χ1) is 4.52. The molecular formula is C9H17N. The van der Waals surface area contributed by atoms with E-state index in [4.69, 9.17) is 5.41 Å². The first-order valence-corrected chi connectivity index (χ1v) is 4.08. The zero-order valence-electron chi connectivity index (χ0n) is 7.20. The Labute approximate surface area is 63.3 Å². The fraction of sp³-hybridized carbons (Fsp3) is 0.889. The maximum absolute atomic E-state index is 7.53. The molecular weight excluding hydrogens is 122 g/mol. The van der Waals surface area contributed by atoms with Gasteiger partial charge in [-0.3, -0.25) is 0 Å². The molecule has 0 bridgehead atoms. The predicted molar refractivity (Wildman–Crippen MR) is 44.5 cm³/mol. The summed E-state index contributed by atoms with van der Waals surface area (Å²) >= 11 is 0. The largest absolute Gasteiger partial charge is 0.310 e. The van der Waals surface area contributed by atoms with Crippen LogP contribution in [0.2, 0.25) is 0 Å². The maximum atomic E-state index is 7.53. The van der Waals surface area contributed by atoms with Gasteiger partial charge in [-0.2, -0.15) is 0 Å². The summed E-state index contributed by atoms with van der Waals surface area (Å²) in [6.07, 6.45) is 3.25. The Morgan fingerprint density at radius 2 is 2.10 bits per heavy atom. The van der Waals surface area contributed by atoms with E-state index in [-0.39, 0.29) is 0 Å². The highest BCUT2D eigenvalue weighted by Crippen LogP contribution is 2.38. The van der Waals surface area contributed by atoms with Crippen LogP contribution in [-0.4, -0.2) is 5.71 Å². The molecule has 58 valence electrons. The molecule has 1 aliphatic rings. The molecule has 0 radical (unpaired) electrons. The van der Waals surface area contributed by atoms with Crippen LogP contribution in [0.3, 0.4) is 0 Å². The third kappa shape index (κ3) is 1.39. The molecule has 1 saturated carbocycles. The molecule has 0 aromatic carbocycles. The van der Waals surface area contributed by atoms with Crippen LogP contribution in [-0.2, 0) is 0 Å². The summed E-state index contributed by atoms with van der Waals surface area (Å²) < 4.78 is 0. The Bertz CT molecular complexity index is 147. The minimum Gasteiger partial charge on any atom is -0.310 e. The predicted octanol–water partition coefficient (Wildman–Crippen LogP) is 2.85. The van der Waals surface area contributed by atoms with Crippen LogP contribution in [0.5, 0.6) is 0 Å². The van der Waals surface area contributed by atoms with Crippen LogP contribution in [0.1, 0.15) is 40.0 Å². The molecule has 1 nitrogen and oxygen atoms in total. The smallest absolute Gasteiger partial charge is 0.00946 e. The van der Waals surface area contributed by atoms with Crippen molar-refractivity contribution in [2.45, 2.75) is 40.0 Å². The minimum atomic E-state index is 0.384. The van der Waals surface area contributed by atoms with Crippen LogP contribution in [0.4, 0.5) is 0 Å². The van der Waals surface area contributed by atoms with Gasteiger partial charge in [-0.25, -0.2) is 0 Å². The van der Waals surface area contributed by atoms with Gasteiger partial charge in [0.2, 0.25) is 0 Å². The average Bonchev–Trinajstić information content (AvgIpc) is 1.78. The standard InChI is InChI=1S/C9H17N/c1-7-4-5-8(10)6-9(7,2)3/h7,10H,4-6H2,1-3H3. The molecule has 1 heteroatoms. The molecule has 1 unspecified atom stereocenters. The summed E-state index contributed by atoms with van der Waals surface area (Å²) in [6, 6.07) is 0.